The highest BCUT2D eigenvalue weighted by molar-refractivity contribution is 4.92. The van der Waals surface area contributed by atoms with E-state index in [4.69, 9.17) is 10.5 Å². The van der Waals surface area contributed by atoms with E-state index in [1.807, 2.05) is 0 Å². The molecule has 0 amide bonds. The van der Waals surface area contributed by atoms with E-state index in [-0.39, 0.29) is 0 Å². The maximum Gasteiger partial charge on any atom is 0.0731 e. The summed E-state index contributed by atoms with van der Waals surface area (Å²) in [6.07, 6.45) is 9.65. The van der Waals surface area contributed by atoms with Crippen LogP contribution in [-0.4, -0.2) is 42.8 Å². The minimum atomic E-state index is 0.504. The summed E-state index contributed by atoms with van der Waals surface area (Å²) in [6, 6.07) is 1.26. The van der Waals surface area contributed by atoms with Gasteiger partial charge in [0.15, 0.2) is 0 Å². The second-order valence-electron chi connectivity index (χ2n) is 5.53. The first kappa shape index (κ1) is 13.3. The Morgan fingerprint density at radius 3 is 3.00 bits per heavy atom. The monoisotopic (exact) mass is 240 g/mol. The molecule has 0 bridgehead atoms. The molecule has 1 heterocycles. The number of morpholine rings is 1. The lowest BCUT2D eigenvalue weighted by atomic mass is 10.0. The van der Waals surface area contributed by atoms with Crippen molar-refractivity contribution in [2.45, 2.75) is 70.1 Å². The maximum atomic E-state index is 5.99. The molecule has 0 aromatic carbocycles. The minimum absolute atomic E-state index is 0.504. The number of nitrogens with two attached hydrogens (primary N) is 1. The molecule has 1 saturated heterocycles. The van der Waals surface area contributed by atoms with E-state index < -0.39 is 0 Å². The van der Waals surface area contributed by atoms with Crippen LogP contribution in [0.1, 0.15) is 51.9 Å². The van der Waals surface area contributed by atoms with E-state index in [0.29, 0.717) is 18.2 Å². The van der Waals surface area contributed by atoms with Crippen LogP contribution in [0.2, 0.25) is 0 Å². The molecule has 17 heavy (non-hydrogen) atoms. The lowest BCUT2D eigenvalue weighted by Gasteiger charge is -2.42. The summed E-state index contributed by atoms with van der Waals surface area (Å²) in [6.45, 7) is 5.08. The van der Waals surface area contributed by atoms with Crippen LogP contribution in [0, 0.1) is 0 Å². The molecule has 2 fully saturated rings. The van der Waals surface area contributed by atoms with Gasteiger partial charge in [-0.3, -0.25) is 4.90 Å². The van der Waals surface area contributed by atoms with Crippen LogP contribution in [-0.2, 0) is 4.74 Å². The van der Waals surface area contributed by atoms with Gasteiger partial charge in [0, 0.05) is 25.2 Å². The number of hydrogen-bond acceptors (Lipinski definition) is 3. The molecule has 0 spiro atoms. The Labute approximate surface area is 106 Å². The standard InChI is InChI=1S/C14H28N2O/c1-2-3-4-6-12(11-15)16-9-10-17-14-8-5-7-13(14)16/h12-14H,2-11,15H2,1H3. The number of hydrogen-bond donors (Lipinski definition) is 1. The Morgan fingerprint density at radius 1 is 1.35 bits per heavy atom. The first-order valence-electron chi connectivity index (χ1n) is 7.44. The average molecular weight is 240 g/mol. The van der Waals surface area contributed by atoms with Gasteiger partial charge in [0.2, 0.25) is 0 Å². The van der Waals surface area contributed by atoms with Gasteiger partial charge in [-0.25, -0.2) is 0 Å². The first-order chi connectivity index (χ1) is 8.36. The fourth-order valence-corrected chi connectivity index (χ4v) is 3.46. The predicted molar refractivity (Wildman–Crippen MR) is 71.1 cm³/mol. The van der Waals surface area contributed by atoms with Crippen molar-refractivity contribution in [2.75, 3.05) is 19.7 Å². The molecule has 1 aliphatic heterocycles. The summed E-state index contributed by atoms with van der Waals surface area (Å²) in [5, 5.41) is 0. The van der Waals surface area contributed by atoms with Gasteiger partial charge in [-0.15, -0.1) is 0 Å². The lowest BCUT2D eigenvalue weighted by molar-refractivity contribution is -0.0716. The molecule has 0 radical (unpaired) electrons. The summed E-state index contributed by atoms with van der Waals surface area (Å²) >= 11 is 0. The Hall–Kier alpha value is -0.120. The second-order valence-corrected chi connectivity index (χ2v) is 5.53. The molecule has 1 aliphatic carbocycles. The Balaban J connectivity index is 1.88. The lowest BCUT2D eigenvalue weighted by Crippen LogP contribution is -2.55. The molecular formula is C14H28N2O. The van der Waals surface area contributed by atoms with Gasteiger partial charge in [-0.05, 0) is 25.7 Å². The number of unbranched alkanes of at least 4 members (excludes halogenated alkanes) is 2. The molecule has 3 unspecified atom stereocenters. The quantitative estimate of drug-likeness (QED) is 0.723. The maximum absolute atomic E-state index is 5.99. The van der Waals surface area contributed by atoms with Crippen LogP contribution in [0.25, 0.3) is 0 Å². The van der Waals surface area contributed by atoms with Crippen molar-refractivity contribution in [3.8, 4) is 0 Å². The number of ether oxygens (including phenoxy) is 1. The number of fused-ring (bicyclic) bond motifs is 1. The second kappa shape index (κ2) is 6.72. The van der Waals surface area contributed by atoms with Crippen molar-refractivity contribution in [1.29, 1.82) is 0 Å². The van der Waals surface area contributed by atoms with Gasteiger partial charge in [0.25, 0.3) is 0 Å². The van der Waals surface area contributed by atoms with Crippen LogP contribution in [0.15, 0.2) is 0 Å². The topological polar surface area (TPSA) is 38.5 Å². The predicted octanol–water partition coefficient (Wildman–Crippen LogP) is 2.15. The Bertz CT molecular complexity index is 222. The van der Waals surface area contributed by atoms with Crippen LogP contribution in [0.4, 0.5) is 0 Å². The molecule has 2 N–H and O–H groups in total. The van der Waals surface area contributed by atoms with Crippen molar-refractivity contribution in [3.05, 3.63) is 0 Å². The zero-order chi connectivity index (χ0) is 12.1. The molecule has 2 aliphatic rings. The van der Waals surface area contributed by atoms with Gasteiger partial charge in [0.05, 0.1) is 12.7 Å². The molecule has 3 nitrogen and oxygen atoms in total. The van der Waals surface area contributed by atoms with Gasteiger partial charge >= 0.3 is 0 Å². The minimum Gasteiger partial charge on any atom is -0.375 e. The van der Waals surface area contributed by atoms with Crippen LogP contribution >= 0.6 is 0 Å². The molecule has 100 valence electrons. The van der Waals surface area contributed by atoms with E-state index in [1.54, 1.807) is 0 Å². The van der Waals surface area contributed by atoms with Gasteiger partial charge < -0.3 is 10.5 Å². The van der Waals surface area contributed by atoms with E-state index in [0.717, 1.165) is 19.7 Å². The first-order valence-corrected chi connectivity index (χ1v) is 7.44. The summed E-state index contributed by atoms with van der Waals surface area (Å²) in [5.74, 6) is 0. The third kappa shape index (κ3) is 3.21. The smallest absolute Gasteiger partial charge is 0.0731 e. The molecule has 3 heteroatoms. The van der Waals surface area contributed by atoms with Crippen molar-refractivity contribution >= 4 is 0 Å². The third-order valence-corrected chi connectivity index (χ3v) is 4.41. The summed E-state index contributed by atoms with van der Waals surface area (Å²) in [5.41, 5.74) is 5.99. The van der Waals surface area contributed by atoms with Crippen LogP contribution in [0.5, 0.6) is 0 Å². The molecule has 0 aromatic rings. The number of rotatable bonds is 6. The fourth-order valence-electron chi connectivity index (χ4n) is 3.46. The van der Waals surface area contributed by atoms with E-state index in [2.05, 4.69) is 11.8 Å². The zero-order valence-corrected chi connectivity index (χ0v) is 11.2. The van der Waals surface area contributed by atoms with Crippen molar-refractivity contribution in [1.82, 2.24) is 4.90 Å². The Kier molecular flexibility index (Phi) is 5.26. The SMILES string of the molecule is CCCCCC(CN)N1CCOC2CCCC21. The van der Waals surface area contributed by atoms with Gasteiger partial charge in [0.1, 0.15) is 0 Å². The Morgan fingerprint density at radius 2 is 2.24 bits per heavy atom. The third-order valence-electron chi connectivity index (χ3n) is 4.41. The van der Waals surface area contributed by atoms with Gasteiger partial charge in [-0.2, -0.15) is 0 Å². The molecule has 1 saturated carbocycles. The van der Waals surface area contributed by atoms with E-state index in [9.17, 15) is 0 Å². The molecule has 3 atom stereocenters. The molecule has 2 rings (SSSR count). The van der Waals surface area contributed by atoms with E-state index in [1.165, 1.54) is 44.9 Å². The molecular weight excluding hydrogens is 212 g/mol. The van der Waals surface area contributed by atoms with Crippen molar-refractivity contribution in [2.24, 2.45) is 5.73 Å². The highest BCUT2D eigenvalue weighted by Gasteiger charge is 2.38. The van der Waals surface area contributed by atoms with Crippen LogP contribution in [0.3, 0.4) is 0 Å². The normalized spacial score (nSPS) is 31.4. The van der Waals surface area contributed by atoms with Crippen molar-refractivity contribution in [3.63, 3.8) is 0 Å². The summed E-state index contributed by atoms with van der Waals surface area (Å²) < 4.78 is 5.87. The highest BCUT2D eigenvalue weighted by atomic mass is 16.5. The van der Waals surface area contributed by atoms with Gasteiger partial charge in [-0.1, -0.05) is 26.2 Å². The van der Waals surface area contributed by atoms with Crippen LogP contribution < -0.4 is 5.73 Å². The molecule has 0 aromatic heterocycles. The summed E-state index contributed by atoms with van der Waals surface area (Å²) in [7, 11) is 0. The largest absolute Gasteiger partial charge is 0.375 e. The van der Waals surface area contributed by atoms with Crippen molar-refractivity contribution < 1.29 is 4.74 Å². The fraction of sp³-hybridized carbons (Fsp3) is 1.00. The zero-order valence-electron chi connectivity index (χ0n) is 11.2. The average Bonchev–Trinajstić information content (AvgIpc) is 2.83. The number of nitrogens with zero attached hydrogens (tertiary/aromatic N) is 1. The highest BCUT2D eigenvalue weighted by Crippen LogP contribution is 2.31. The summed E-state index contributed by atoms with van der Waals surface area (Å²) in [4.78, 5) is 2.66. The van der Waals surface area contributed by atoms with E-state index >= 15 is 0 Å².